The molecule has 0 amide bonds. The van der Waals surface area contributed by atoms with Gasteiger partial charge in [-0.25, -0.2) is 0 Å². The molecule has 0 unspecified atom stereocenters. The largest absolute Gasteiger partial charge is 0.360 e. The number of ketones is 1. The van der Waals surface area contributed by atoms with Gasteiger partial charge in [0.1, 0.15) is 0 Å². The van der Waals surface area contributed by atoms with Gasteiger partial charge in [0.15, 0.2) is 5.78 Å². The molecular weight excluding hydrogens is 317 g/mol. The van der Waals surface area contributed by atoms with Crippen LogP contribution in [0.3, 0.4) is 0 Å². The average Bonchev–Trinajstić information content (AvgIpc) is 2.44. The molecule has 0 spiro atoms. The highest BCUT2D eigenvalue weighted by molar-refractivity contribution is 6.43. The number of hydrogen-bond acceptors (Lipinski definition) is 2. The predicted octanol–water partition coefficient (Wildman–Crippen LogP) is 5.46. The van der Waals surface area contributed by atoms with Gasteiger partial charge in [0, 0.05) is 22.9 Å². The lowest BCUT2D eigenvalue weighted by Gasteiger charge is -2.04. The van der Waals surface area contributed by atoms with E-state index in [0.717, 1.165) is 0 Å². The standard InChI is InChI=1S/C15H10Cl3NO/c16-11-6-4-10(5-7-11)14(20)8-9-19-13-3-1-2-12(17)15(13)18/h1-9,19H/b9-8+. The van der Waals surface area contributed by atoms with Crippen LogP contribution in [0.4, 0.5) is 5.69 Å². The zero-order chi connectivity index (χ0) is 14.5. The summed E-state index contributed by atoms with van der Waals surface area (Å²) in [6.07, 6.45) is 2.94. The zero-order valence-corrected chi connectivity index (χ0v) is 12.5. The first-order valence-corrected chi connectivity index (χ1v) is 6.88. The van der Waals surface area contributed by atoms with Gasteiger partial charge in [0.2, 0.25) is 0 Å². The summed E-state index contributed by atoms with van der Waals surface area (Å²) in [6, 6.07) is 11.9. The summed E-state index contributed by atoms with van der Waals surface area (Å²) < 4.78 is 0. The molecule has 102 valence electrons. The highest BCUT2D eigenvalue weighted by Gasteiger charge is 2.03. The minimum Gasteiger partial charge on any atom is -0.360 e. The van der Waals surface area contributed by atoms with Crippen LogP contribution in [-0.4, -0.2) is 5.78 Å². The second-order valence-electron chi connectivity index (χ2n) is 3.95. The van der Waals surface area contributed by atoms with Gasteiger partial charge in [-0.3, -0.25) is 4.79 Å². The van der Waals surface area contributed by atoms with Gasteiger partial charge < -0.3 is 5.32 Å². The van der Waals surface area contributed by atoms with E-state index < -0.39 is 0 Å². The Balaban J connectivity index is 2.05. The van der Waals surface area contributed by atoms with Crippen molar-refractivity contribution in [2.75, 3.05) is 5.32 Å². The van der Waals surface area contributed by atoms with E-state index in [1.54, 1.807) is 42.5 Å². The van der Waals surface area contributed by atoms with Crippen molar-refractivity contribution in [3.8, 4) is 0 Å². The maximum absolute atomic E-state index is 11.9. The molecule has 5 heteroatoms. The predicted molar refractivity (Wildman–Crippen MR) is 85.0 cm³/mol. The summed E-state index contributed by atoms with van der Waals surface area (Å²) in [7, 11) is 0. The van der Waals surface area contributed by atoms with Crippen LogP contribution in [0.5, 0.6) is 0 Å². The van der Waals surface area contributed by atoms with Gasteiger partial charge in [-0.2, -0.15) is 0 Å². The van der Waals surface area contributed by atoms with Crippen LogP contribution < -0.4 is 5.32 Å². The second kappa shape index (κ2) is 6.80. The third-order valence-corrected chi connectivity index (χ3v) is 3.62. The number of carbonyl (C=O) groups is 1. The molecule has 20 heavy (non-hydrogen) atoms. The van der Waals surface area contributed by atoms with Gasteiger partial charge in [0.05, 0.1) is 15.7 Å². The summed E-state index contributed by atoms with van der Waals surface area (Å²) in [4.78, 5) is 11.9. The number of rotatable bonds is 4. The Morgan fingerprint density at radius 3 is 2.40 bits per heavy atom. The lowest BCUT2D eigenvalue weighted by Crippen LogP contribution is -1.96. The first kappa shape index (κ1) is 14.9. The van der Waals surface area contributed by atoms with E-state index >= 15 is 0 Å². The smallest absolute Gasteiger partial charge is 0.187 e. The second-order valence-corrected chi connectivity index (χ2v) is 5.17. The molecule has 2 nitrogen and oxygen atoms in total. The van der Waals surface area contributed by atoms with Gasteiger partial charge in [0.25, 0.3) is 0 Å². The summed E-state index contributed by atoms with van der Waals surface area (Å²) in [5.41, 5.74) is 1.20. The highest BCUT2D eigenvalue weighted by Crippen LogP contribution is 2.29. The van der Waals surface area contributed by atoms with E-state index in [1.165, 1.54) is 12.3 Å². The van der Waals surface area contributed by atoms with E-state index in [9.17, 15) is 4.79 Å². The Kier molecular flexibility index (Phi) is 5.07. The molecule has 0 aliphatic rings. The quantitative estimate of drug-likeness (QED) is 0.597. The molecule has 0 saturated heterocycles. The van der Waals surface area contributed by atoms with Crippen LogP contribution in [0, 0.1) is 0 Å². The van der Waals surface area contributed by atoms with Crippen LogP contribution >= 0.6 is 34.8 Å². The van der Waals surface area contributed by atoms with E-state index in [1.807, 2.05) is 0 Å². The van der Waals surface area contributed by atoms with Crippen LogP contribution in [0.15, 0.2) is 54.7 Å². The number of anilines is 1. The van der Waals surface area contributed by atoms with Crippen molar-refractivity contribution in [3.63, 3.8) is 0 Å². The number of allylic oxidation sites excluding steroid dienone is 1. The van der Waals surface area contributed by atoms with Gasteiger partial charge in [-0.05, 0) is 36.4 Å². The lowest BCUT2D eigenvalue weighted by atomic mass is 10.1. The molecule has 0 aliphatic carbocycles. The van der Waals surface area contributed by atoms with Crippen molar-refractivity contribution in [2.24, 2.45) is 0 Å². The lowest BCUT2D eigenvalue weighted by molar-refractivity contribution is 0.104. The van der Waals surface area contributed by atoms with Gasteiger partial charge in [-0.15, -0.1) is 0 Å². The third-order valence-electron chi connectivity index (χ3n) is 2.55. The van der Waals surface area contributed by atoms with Crippen LogP contribution in [0.25, 0.3) is 0 Å². The number of halogens is 3. The molecule has 0 aliphatic heterocycles. The molecule has 1 N–H and O–H groups in total. The first-order chi connectivity index (χ1) is 9.58. The zero-order valence-electron chi connectivity index (χ0n) is 10.2. The van der Waals surface area contributed by atoms with E-state index in [-0.39, 0.29) is 5.78 Å². The van der Waals surface area contributed by atoms with Crippen molar-refractivity contribution >= 4 is 46.3 Å². The molecule has 2 aromatic rings. The maximum atomic E-state index is 11.9. The highest BCUT2D eigenvalue weighted by atomic mass is 35.5. The Hall–Kier alpha value is -1.48. The van der Waals surface area contributed by atoms with Crippen molar-refractivity contribution in [3.05, 3.63) is 75.4 Å². The fourth-order valence-corrected chi connectivity index (χ4v) is 2.01. The maximum Gasteiger partial charge on any atom is 0.187 e. The summed E-state index contributed by atoms with van der Waals surface area (Å²) in [6.45, 7) is 0. The Labute approximate surface area is 132 Å². The van der Waals surface area contributed by atoms with E-state index in [4.69, 9.17) is 34.8 Å². The number of carbonyl (C=O) groups excluding carboxylic acids is 1. The Morgan fingerprint density at radius 1 is 1.00 bits per heavy atom. The molecule has 0 radical (unpaired) electrons. The molecule has 0 bridgehead atoms. The third kappa shape index (κ3) is 3.76. The molecule has 0 saturated carbocycles. The van der Waals surface area contributed by atoms with Crippen LogP contribution in [0.2, 0.25) is 15.1 Å². The number of hydrogen-bond donors (Lipinski definition) is 1. The summed E-state index contributed by atoms with van der Waals surface area (Å²) in [5.74, 6) is -0.132. The number of benzene rings is 2. The van der Waals surface area contributed by atoms with E-state index in [2.05, 4.69) is 5.32 Å². The summed E-state index contributed by atoms with van der Waals surface area (Å²) in [5, 5.41) is 4.38. The van der Waals surface area contributed by atoms with Crippen molar-refractivity contribution in [2.45, 2.75) is 0 Å². The normalized spacial score (nSPS) is 10.8. The molecule has 0 heterocycles. The molecule has 2 rings (SSSR count). The van der Waals surface area contributed by atoms with Crippen LogP contribution in [-0.2, 0) is 0 Å². The Bertz CT molecular complexity index is 651. The fourth-order valence-electron chi connectivity index (χ4n) is 1.53. The van der Waals surface area contributed by atoms with Gasteiger partial charge in [-0.1, -0.05) is 40.9 Å². The topological polar surface area (TPSA) is 29.1 Å². The molecular formula is C15H10Cl3NO. The molecule has 0 fully saturated rings. The first-order valence-electron chi connectivity index (χ1n) is 5.75. The van der Waals surface area contributed by atoms with E-state index in [0.29, 0.717) is 26.3 Å². The monoisotopic (exact) mass is 325 g/mol. The van der Waals surface area contributed by atoms with Crippen LogP contribution in [0.1, 0.15) is 10.4 Å². The van der Waals surface area contributed by atoms with Gasteiger partial charge >= 0.3 is 0 Å². The van der Waals surface area contributed by atoms with Crippen molar-refractivity contribution in [1.82, 2.24) is 0 Å². The minimum atomic E-state index is -0.132. The van der Waals surface area contributed by atoms with Crippen molar-refractivity contribution < 1.29 is 4.79 Å². The Morgan fingerprint density at radius 2 is 1.70 bits per heavy atom. The minimum absolute atomic E-state index is 0.132. The summed E-state index contributed by atoms with van der Waals surface area (Å²) >= 11 is 17.7. The molecule has 0 atom stereocenters. The average molecular weight is 327 g/mol. The number of nitrogens with one attached hydrogen (secondary N) is 1. The molecule has 0 aromatic heterocycles. The molecule has 2 aromatic carbocycles. The SMILES string of the molecule is O=C(/C=C/Nc1cccc(Cl)c1Cl)c1ccc(Cl)cc1. The fraction of sp³-hybridized carbons (Fsp3) is 0. The van der Waals surface area contributed by atoms with Crippen molar-refractivity contribution in [1.29, 1.82) is 0 Å².